The van der Waals surface area contributed by atoms with Gasteiger partial charge in [0.2, 0.25) is 0 Å². The summed E-state index contributed by atoms with van der Waals surface area (Å²) in [4.78, 5) is 18.0. The standard InChI is InChI=1S/C23H22N4O3S/c1-16-5-7-17(8-6-16)22(28)24-18-9-11-19(12-10-18)27-21(20-4-3-15-31-20)25-23(26-27)30-14-13-29-2/h3-12,15H,13-14H2,1-2H3,(H,24,28). The topological polar surface area (TPSA) is 78.3 Å². The molecule has 7 nitrogen and oxygen atoms in total. The molecule has 0 aliphatic heterocycles. The zero-order valence-corrected chi connectivity index (χ0v) is 18.1. The largest absolute Gasteiger partial charge is 0.460 e. The van der Waals surface area contributed by atoms with Gasteiger partial charge in [-0.3, -0.25) is 4.79 Å². The van der Waals surface area contributed by atoms with Gasteiger partial charge in [-0.25, -0.2) is 4.68 Å². The van der Waals surface area contributed by atoms with Gasteiger partial charge in [-0.05, 0) is 54.8 Å². The zero-order chi connectivity index (χ0) is 21.6. The van der Waals surface area contributed by atoms with Crippen molar-refractivity contribution in [3.63, 3.8) is 0 Å². The second-order valence-electron chi connectivity index (χ2n) is 6.82. The van der Waals surface area contributed by atoms with Gasteiger partial charge < -0.3 is 14.8 Å². The first-order valence-corrected chi connectivity index (χ1v) is 10.6. The van der Waals surface area contributed by atoms with Crippen LogP contribution in [0.5, 0.6) is 6.01 Å². The van der Waals surface area contributed by atoms with Crippen LogP contribution < -0.4 is 10.1 Å². The Kier molecular flexibility index (Phi) is 6.40. The number of aryl methyl sites for hydroxylation is 1. The molecule has 0 fully saturated rings. The van der Waals surface area contributed by atoms with Crippen molar-refractivity contribution in [2.75, 3.05) is 25.6 Å². The van der Waals surface area contributed by atoms with Gasteiger partial charge in [0.05, 0.1) is 17.2 Å². The number of amides is 1. The Balaban J connectivity index is 1.55. The number of anilines is 1. The number of aromatic nitrogens is 3. The summed E-state index contributed by atoms with van der Waals surface area (Å²) in [5, 5.41) is 9.41. The molecule has 0 spiro atoms. The van der Waals surface area contributed by atoms with E-state index in [4.69, 9.17) is 9.47 Å². The number of carbonyl (C=O) groups is 1. The summed E-state index contributed by atoms with van der Waals surface area (Å²) in [5.41, 5.74) is 3.24. The third-order valence-electron chi connectivity index (χ3n) is 4.53. The highest BCUT2D eigenvalue weighted by Gasteiger charge is 2.16. The summed E-state index contributed by atoms with van der Waals surface area (Å²) in [6.45, 7) is 2.82. The zero-order valence-electron chi connectivity index (χ0n) is 17.2. The second kappa shape index (κ2) is 9.55. The van der Waals surface area contributed by atoms with Crippen molar-refractivity contribution in [3.8, 4) is 22.4 Å². The number of hydrogen-bond acceptors (Lipinski definition) is 6. The van der Waals surface area contributed by atoms with Gasteiger partial charge in [0.1, 0.15) is 6.61 Å². The predicted octanol–water partition coefficient (Wildman–Crippen LogP) is 4.58. The predicted molar refractivity (Wildman–Crippen MR) is 121 cm³/mol. The number of ether oxygens (including phenoxy) is 2. The molecule has 4 aromatic rings. The molecule has 0 radical (unpaired) electrons. The van der Waals surface area contributed by atoms with Gasteiger partial charge in [-0.1, -0.05) is 23.8 Å². The van der Waals surface area contributed by atoms with Crippen LogP contribution in [-0.2, 0) is 4.74 Å². The van der Waals surface area contributed by atoms with E-state index < -0.39 is 0 Å². The van der Waals surface area contributed by atoms with Crippen LogP contribution in [0.1, 0.15) is 15.9 Å². The molecule has 0 aliphatic rings. The Bertz CT molecular complexity index is 1140. The van der Waals surface area contributed by atoms with Crippen LogP contribution in [0.3, 0.4) is 0 Å². The molecule has 0 unspecified atom stereocenters. The third kappa shape index (κ3) is 4.99. The summed E-state index contributed by atoms with van der Waals surface area (Å²) >= 11 is 1.58. The Hall–Kier alpha value is -3.49. The lowest BCUT2D eigenvalue weighted by Gasteiger charge is -2.08. The lowest BCUT2D eigenvalue weighted by Crippen LogP contribution is -2.11. The maximum Gasteiger partial charge on any atom is 0.336 e. The van der Waals surface area contributed by atoms with Crippen LogP contribution >= 0.6 is 11.3 Å². The quantitative estimate of drug-likeness (QED) is 0.411. The lowest BCUT2D eigenvalue weighted by atomic mass is 10.1. The van der Waals surface area contributed by atoms with Gasteiger partial charge in [0.25, 0.3) is 5.91 Å². The number of hydrogen-bond donors (Lipinski definition) is 1. The van der Waals surface area contributed by atoms with Crippen molar-refractivity contribution in [2.45, 2.75) is 6.92 Å². The summed E-state index contributed by atoms with van der Waals surface area (Å²) in [5.74, 6) is 0.542. The number of rotatable bonds is 8. The molecule has 0 aliphatic carbocycles. The molecular formula is C23H22N4O3S. The SMILES string of the molecule is COCCOc1nc(-c2cccs2)n(-c2ccc(NC(=O)c3ccc(C)cc3)cc2)n1. The molecule has 158 valence electrons. The van der Waals surface area contributed by atoms with E-state index in [0.29, 0.717) is 30.3 Å². The summed E-state index contributed by atoms with van der Waals surface area (Å²) in [6, 6.07) is 19.2. The van der Waals surface area contributed by atoms with E-state index in [0.717, 1.165) is 16.1 Å². The van der Waals surface area contributed by atoms with Gasteiger partial charge in [-0.2, -0.15) is 4.98 Å². The Morgan fingerprint density at radius 2 is 1.84 bits per heavy atom. The van der Waals surface area contributed by atoms with Crippen LogP contribution in [0.15, 0.2) is 66.0 Å². The molecule has 1 N–H and O–H groups in total. The van der Waals surface area contributed by atoms with Crippen LogP contribution in [0, 0.1) is 6.92 Å². The van der Waals surface area contributed by atoms with Gasteiger partial charge in [0, 0.05) is 18.4 Å². The van der Waals surface area contributed by atoms with Crippen molar-refractivity contribution >= 4 is 22.9 Å². The maximum atomic E-state index is 12.5. The molecule has 4 rings (SSSR count). The smallest absolute Gasteiger partial charge is 0.336 e. The fourth-order valence-electron chi connectivity index (χ4n) is 2.91. The van der Waals surface area contributed by atoms with Crippen molar-refractivity contribution < 1.29 is 14.3 Å². The minimum atomic E-state index is -0.151. The lowest BCUT2D eigenvalue weighted by molar-refractivity contribution is 0.102. The Morgan fingerprint density at radius 1 is 1.06 bits per heavy atom. The molecule has 2 aromatic carbocycles. The first-order chi connectivity index (χ1) is 15.1. The number of methoxy groups -OCH3 is 1. The molecule has 1 amide bonds. The van der Waals surface area contributed by atoms with Crippen molar-refractivity contribution in [3.05, 3.63) is 77.2 Å². The number of benzene rings is 2. The molecule has 2 heterocycles. The summed E-state index contributed by atoms with van der Waals surface area (Å²) in [7, 11) is 1.62. The first-order valence-electron chi connectivity index (χ1n) is 9.75. The van der Waals surface area contributed by atoms with E-state index in [1.807, 2.05) is 73.0 Å². The van der Waals surface area contributed by atoms with Crippen LogP contribution in [0.25, 0.3) is 16.4 Å². The van der Waals surface area contributed by atoms with Gasteiger partial charge in [0.15, 0.2) is 5.82 Å². The highest BCUT2D eigenvalue weighted by Crippen LogP contribution is 2.27. The van der Waals surface area contributed by atoms with Gasteiger partial charge in [-0.15, -0.1) is 16.4 Å². The molecule has 0 bridgehead atoms. The second-order valence-corrected chi connectivity index (χ2v) is 7.76. The molecule has 31 heavy (non-hydrogen) atoms. The highest BCUT2D eigenvalue weighted by molar-refractivity contribution is 7.13. The number of carbonyl (C=O) groups excluding carboxylic acids is 1. The highest BCUT2D eigenvalue weighted by atomic mass is 32.1. The minimum absolute atomic E-state index is 0.151. The van der Waals surface area contributed by atoms with Crippen LogP contribution in [-0.4, -0.2) is 41.0 Å². The third-order valence-corrected chi connectivity index (χ3v) is 5.40. The number of thiophene rings is 1. The average molecular weight is 435 g/mol. The van der Waals surface area contributed by atoms with E-state index in [1.54, 1.807) is 23.1 Å². The number of nitrogens with one attached hydrogen (secondary N) is 1. The van der Waals surface area contributed by atoms with Crippen LogP contribution in [0.2, 0.25) is 0 Å². The summed E-state index contributed by atoms with van der Waals surface area (Å²) in [6.07, 6.45) is 0. The maximum absolute atomic E-state index is 12.5. The van der Waals surface area contributed by atoms with Crippen LogP contribution in [0.4, 0.5) is 5.69 Å². The van der Waals surface area contributed by atoms with E-state index in [2.05, 4.69) is 15.4 Å². The molecule has 2 aromatic heterocycles. The molecule has 0 saturated carbocycles. The van der Waals surface area contributed by atoms with E-state index in [9.17, 15) is 4.79 Å². The fraction of sp³-hybridized carbons (Fsp3) is 0.174. The number of nitrogens with zero attached hydrogens (tertiary/aromatic N) is 3. The normalized spacial score (nSPS) is 10.8. The fourth-order valence-corrected chi connectivity index (χ4v) is 3.61. The van der Waals surface area contributed by atoms with Crippen molar-refractivity contribution in [1.82, 2.24) is 14.8 Å². The molecule has 0 atom stereocenters. The molecular weight excluding hydrogens is 412 g/mol. The van der Waals surface area contributed by atoms with Crippen molar-refractivity contribution in [2.24, 2.45) is 0 Å². The molecule has 8 heteroatoms. The molecule has 0 saturated heterocycles. The Labute approximate surface area is 184 Å². The van der Waals surface area contributed by atoms with E-state index in [1.165, 1.54) is 0 Å². The van der Waals surface area contributed by atoms with Gasteiger partial charge >= 0.3 is 6.01 Å². The Morgan fingerprint density at radius 3 is 2.52 bits per heavy atom. The monoisotopic (exact) mass is 434 g/mol. The average Bonchev–Trinajstić information content (AvgIpc) is 3.45. The first kappa shape index (κ1) is 20.8. The van der Waals surface area contributed by atoms with E-state index >= 15 is 0 Å². The minimum Gasteiger partial charge on any atom is -0.460 e. The van der Waals surface area contributed by atoms with E-state index in [-0.39, 0.29) is 11.9 Å². The summed E-state index contributed by atoms with van der Waals surface area (Å²) < 4.78 is 12.4. The van der Waals surface area contributed by atoms with Crippen molar-refractivity contribution in [1.29, 1.82) is 0 Å².